The number of carboxylic acid groups (broad SMARTS) is 2. The lowest BCUT2D eigenvalue weighted by atomic mass is 9.78. The van der Waals surface area contributed by atoms with E-state index in [2.05, 4.69) is 13.8 Å². The van der Waals surface area contributed by atoms with Gasteiger partial charge in [0.1, 0.15) is 11.5 Å². The minimum atomic E-state index is -2.29. The second-order valence-corrected chi connectivity index (χ2v) is 16.1. The number of hydrogen-bond acceptors (Lipinski definition) is 8. The van der Waals surface area contributed by atoms with E-state index >= 15 is 0 Å². The first-order valence-electron chi connectivity index (χ1n) is 21.5. The van der Waals surface area contributed by atoms with Crippen molar-refractivity contribution in [2.75, 3.05) is 13.2 Å². The Hall–Kier alpha value is -4.08. The molecule has 2 atom stereocenters. The second-order valence-electron chi connectivity index (χ2n) is 16.1. The monoisotopic (exact) mass is 778 g/mol. The topological polar surface area (TPSA) is 146 Å². The van der Waals surface area contributed by atoms with Gasteiger partial charge in [-0.2, -0.15) is 0 Å². The van der Waals surface area contributed by atoms with Crippen molar-refractivity contribution in [3.8, 4) is 11.5 Å². The van der Waals surface area contributed by atoms with Crippen molar-refractivity contribution in [2.24, 2.45) is 23.7 Å². The van der Waals surface area contributed by atoms with Gasteiger partial charge in [-0.05, 0) is 97.9 Å². The molecule has 0 spiro atoms. The number of unbranched alkanes of at least 4 members (excludes halogenated alkanes) is 4. The summed E-state index contributed by atoms with van der Waals surface area (Å²) in [7, 11) is 0. The van der Waals surface area contributed by atoms with Gasteiger partial charge in [0.25, 0.3) is 0 Å². The van der Waals surface area contributed by atoms with Crippen molar-refractivity contribution in [2.45, 2.75) is 154 Å². The summed E-state index contributed by atoms with van der Waals surface area (Å²) < 4.78 is 21.9. The Labute approximate surface area is 334 Å². The largest absolute Gasteiger partial charge is 0.494 e. The molecule has 10 nitrogen and oxygen atoms in total. The van der Waals surface area contributed by atoms with Crippen molar-refractivity contribution >= 4 is 23.9 Å². The van der Waals surface area contributed by atoms with E-state index in [1.165, 1.54) is 127 Å². The van der Waals surface area contributed by atoms with E-state index < -0.39 is 36.1 Å². The summed E-state index contributed by atoms with van der Waals surface area (Å²) in [5, 5.41) is 19.6. The van der Waals surface area contributed by atoms with E-state index in [-0.39, 0.29) is 11.1 Å². The van der Waals surface area contributed by atoms with Crippen LogP contribution < -0.4 is 9.47 Å². The quantitative estimate of drug-likeness (QED) is 0.0737. The fourth-order valence-electron chi connectivity index (χ4n) is 8.33. The number of aliphatic carboxylic acids is 2. The van der Waals surface area contributed by atoms with E-state index in [4.69, 9.17) is 18.9 Å². The molecule has 10 heteroatoms. The smallest absolute Gasteiger partial charge is 0.349 e. The Morgan fingerprint density at radius 2 is 0.804 bits per heavy atom. The molecule has 2 aromatic rings. The molecule has 0 unspecified atom stereocenters. The lowest BCUT2D eigenvalue weighted by Gasteiger charge is -2.28. The van der Waals surface area contributed by atoms with Crippen LogP contribution in [-0.4, -0.2) is 59.5 Å². The lowest BCUT2D eigenvalue weighted by Crippen LogP contribution is -2.45. The second kappa shape index (κ2) is 24.5. The van der Waals surface area contributed by atoms with Crippen LogP contribution in [-0.2, 0) is 19.1 Å². The molecular formula is C46H66O10. The predicted molar refractivity (Wildman–Crippen MR) is 215 cm³/mol. The molecule has 2 aromatic carbocycles. The molecule has 0 radical (unpaired) electrons. The summed E-state index contributed by atoms with van der Waals surface area (Å²) in [5.74, 6) is -1.33. The molecule has 2 N–H and O–H groups in total. The molecule has 0 bridgehead atoms. The molecule has 0 heterocycles. The van der Waals surface area contributed by atoms with Crippen molar-refractivity contribution in [1.29, 1.82) is 0 Å². The van der Waals surface area contributed by atoms with Crippen LogP contribution in [0.1, 0.15) is 163 Å². The van der Waals surface area contributed by atoms with E-state index in [0.717, 1.165) is 49.4 Å². The summed E-state index contributed by atoms with van der Waals surface area (Å²) in [5.41, 5.74) is -0.00827. The highest BCUT2D eigenvalue weighted by Crippen LogP contribution is 2.35. The molecule has 2 saturated carbocycles. The number of carboxylic acids is 2. The van der Waals surface area contributed by atoms with Crippen LogP contribution in [0.4, 0.5) is 0 Å². The Morgan fingerprint density at radius 1 is 0.500 bits per heavy atom. The average Bonchev–Trinajstić information content (AvgIpc) is 3.21. The third-order valence-electron chi connectivity index (χ3n) is 11.8. The van der Waals surface area contributed by atoms with Crippen molar-refractivity contribution < 1.29 is 48.3 Å². The van der Waals surface area contributed by atoms with Crippen molar-refractivity contribution in [3.05, 3.63) is 59.7 Å². The molecule has 0 saturated heterocycles. The SMILES string of the molecule is CCCCC[C@H]1CC[C@H](CCCOc2ccc(C(=O)O[C@@H](C(=O)O)[C@@H](OC(=O)c3ccc(OCCC[C@H]4CC[C@H](CCCCC)CC4)cc3)C(=O)O)cc2)CC1. The molecular weight excluding hydrogens is 712 g/mol. The number of ether oxygens (including phenoxy) is 4. The standard InChI is InChI=1S/C46H66O10/c1-3-5-7-11-33-15-19-35(20-16-33)13-9-31-53-39-27-23-37(24-28-39)45(51)55-41(43(47)48)42(44(49)50)56-46(52)38-25-29-40(30-26-38)54-32-10-14-36-21-17-34(18-22-36)12-8-6-4-2/h23-30,33-36,41-42H,3-22,31-32H2,1-2H3,(H,47,48)(H,49,50)/t33-,34-,35-,36-,41-,42-/m1/s1. The lowest BCUT2D eigenvalue weighted by molar-refractivity contribution is -0.166. The number of carbonyl (C=O) groups is 4. The number of esters is 2. The minimum Gasteiger partial charge on any atom is -0.494 e. The zero-order valence-corrected chi connectivity index (χ0v) is 33.8. The first-order chi connectivity index (χ1) is 27.2. The fraction of sp³-hybridized carbons (Fsp3) is 0.652. The van der Waals surface area contributed by atoms with Gasteiger partial charge in [0.15, 0.2) is 0 Å². The molecule has 0 amide bonds. The molecule has 0 aromatic heterocycles. The van der Waals surface area contributed by atoms with Gasteiger partial charge in [0, 0.05) is 0 Å². The summed E-state index contributed by atoms with van der Waals surface area (Å²) in [6, 6.07) is 12.0. The zero-order chi connectivity index (χ0) is 40.1. The summed E-state index contributed by atoms with van der Waals surface area (Å²) in [6.45, 7) is 5.58. The van der Waals surface area contributed by atoms with E-state index in [0.29, 0.717) is 24.7 Å². The van der Waals surface area contributed by atoms with Gasteiger partial charge in [-0.15, -0.1) is 0 Å². The van der Waals surface area contributed by atoms with E-state index in [1.807, 2.05) is 0 Å². The molecule has 2 fully saturated rings. The van der Waals surface area contributed by atoms with Crippen LogP contribution in [0.15, 0.2) is 48.5 Å². The molecule has 2 aliphatic rings. The molecule has 310 valence electrons. The number of carbonyl (C=O) groups excluding carboxylic acids is 2. The minimum absolute atomic E-state index is 0.00413. The van der Waals surface area contributed by atoms with Gasteiger partial charge in [0.2, 0.25) is 12.2 Å². The van der Waals surface area contributed by atoms with E-state index in [9.17, 15) is 29.4 Å². The normalized spacial score (nSPS) is 20.7. The Morgan fingerprint density at radius 3 is 1.09 bits per heavy atom. The highest BCUT2D eigenvalue weighted by molar-refractivity contribution is 5.95. The fourth-order valence-corrected chi connectivity index (χ4v) is 8.33. The highest BCUT2D eigenvalue weighted by atomic mass is 16.6. The van der Waals surface area contributed by atoms with Gasteiger partial charge >= 0.3 is 23.9 Å². The zero-order valence-electron chi connectivity index (χ0n) is 33.8. The Bertz CT molecular complexity index is 1340. The van der Waals surface area contributed by atoms with E-state index in [1.54, 1.807) is 24.3 Å². The maximum Gasteiger partial charge on any atom is 0.349 e. The Balaban J connectivity index is 1.17. The number of rotatable bonds is 25. The first-order valence-corrected chi connectivity index (χ1v) is 21.5. The Kier molecular flexibility index (Phi) is 19.6. The van der Waals surface area contributed by atoms with Crippen LogP contribution in [0.3, 0.4) is 0 Å². The molecule has 56 heavy (non-hydrogen) atoms. The van der Waals surface area contributed by atoms with Crippen LogP contribution in [0.5, 0.6) is 11.5 Å². The van der Waals surface area contributed by atoms with Crippen LogP contribution in [0.25, 0.3) is 0 Å². The number of benzene rings is 2. The third kappa shape index (κ3) is 15.5. The molecule has 2 aliphatic carbocycles. The maximum atomic E-state index is 12.9. The van der Waals surface area contributed by atoms with Gasteiger partial charge in [-0.1, -0.05) is 117 Å². The van der Waals surface area contributed by atoms with Crippen LogP contribution >= 0.6 is 0 Å². The van der Waals surface area contributed by atoms with Gasteiger partial charge < -0.3 is 29.2 Å². The average molecular weight is 779 g/mol. The summed E-state index contributed by atoms with van der Waals surface area (Å²) in [6.07, 6.45) is 20.6. The van der Waals surface area contributed by atoms with Gasteiger partial charge in [0.05, 0.1) is 24.3 Å². The van der Waals surface area contributed by atoms with Crippen molar-refractivity contribution in [3.63, 3.8) is 0 Å². The number of hydrogen-bond donors (Lipinski definition) is 2. The molecule has 4 rings (SSSR count). The van der Waals surface area contributed by atoms with Crippen LogP contribution in [0.2, 0.25) is 0 Å². The highest BCUT2D eigenvalue weighted by Gasteiger charge is 2.41. The third-order valence-corrected chi connectivity index (χ3v) is 11.8. The molecule has 0 aliphatic heterocycles. The van der Waals surface area contributed by atoms with Gasteiger partial charge in [-0.3, -0.25) is 0 Å². The predicted octanol–water partition coefficient (Wildman–Crippen LogP) is 10.7. The van der Waals surface area contributed by atoms with Crippen LogP contribution in [0, 0.1) is 23.7 Å². The summed E-state index contributed by atoms with van der Waals surface area (Å²) >= 11 is 0. The summed E-state index contributed by atoms with van der Waals surface area (Å²) in [4.78, 5) is 50.0. The first kappa shape index (κ1) is 44.6. The van der Waals surface area contributed by atoms with Gasteiger partial charge in [-0.25, -0.2) is 19.2 Å². The maximum absolute atomic E-state index is 12.9. The van der Waals surface area contributed by atoms with Crippen molar-refractivity contribution in [1.82, 2.24) is 0 Å².